The summed E-state index contributed by atoms with van der Waals surface area (Å²) in [5.41, 5.74) is 2.18. The number of rotatable bonds is 9. The molecule has 0 amide bonds. The van der Waals surface area contributed by atoms with Crippen molar-refractivity contribution in [3.8, 4) is 46.9 Å². The van der Waals surface area contributed by atoms with Crippen LogP contribution in [0.25, 0.3) is 0 Å². The van der Waals surface area contributed by atoms with Gasteiger partial charge in [0, 0.05) is 38.8 Å². The molecule has 63 heavy (non-hydrogen) atoms. The van der Waals surface area contributed by atoms with E-state index in [-0.39, 0.29) is 40.2 Å². The fourth-order valence-electron chi connectivity index (χ4n) is 5.38. The molecule has 6 rings (SSSR count). The third-order valence-corrected chi connectivity index (χ3v) is 9.14. The molecule has 0 saturated heterocycles. The van der Waals surface area contributed by atoms with Crippen LogP contribution in [0.1, 0.15) is 93.8 Å². The van der Waals surface area contributed by atoms with Crippen LogP contribution in [0.4, 0.5) is 0 Å². The molecular weight excluding hydrogens is 847 g/mol. The highest BCUT2D eigenvalue weighted by Gasteiger charge is 2.22. The average molecular weight is 896 g/mol. The Bertz CT molecular complexity index is 2780. The highest BCUT2D eigenvalue weighted by atomic mass is 35.5. The molecule has 0 radical (unpaired) electrons. The maximum Gasteiger partial charge on any atom is 0.296 e. The molecule has 0 aliphatic carbocycles. The minimum Gasteiger partial charge on any atom is -0.481 e. The molecule has 0 aliphatic rings. The smallest absolute Gasteiger partial charge is 0.296 e. The number of methoxy groups -OCH3 is 2. The van der Waals surface area contributed by atoms with E-state index in [2.05, 4.69) is 62.6 Å². The molecule has 4 heterocycles. The second kappa shape index (κ2) is 21.3. The van der Waals surface area contributed by atoms with Crippen LogP contribution in [0.5, 0.6) is 34.8 Å². The van der Waals surface area contributed by atoms with Gasteiger partial charge in [-0.3, -0.25) is 14.2 Å². The molecule has 0 aliphatic heterocycles. The zero-order valence-electron chi connectivity index (χ0n) is 36.9. The second-order valence-corrected chi connectivity index (χ2v) is 16.7. The first-order valence-corrected chi connectivity index (χ1v) is 20.1. The van der Waals surface area contributed by atoms with Gasteiger partial charge in [0.05, 0.1) is 73.6 Å². The Balaban J connectivity index is 0.000000230. The summed E-state index contributed by atoms with van der Waals surface area (Å²) < 4.78 is 23.2. The van der Waals surface area contributed by atoms with Gasteiger partial charge in [0.1, 0.15) is 23.1 Å². The lowest BCUT2D eigenvalue weighted by Gasteiger charge is -2.18. The number of halogens is 2. The molecule has 328 valence electrons. The first kappa shape index (κ1) is 48.8. The Morgan fingerprint density at radius 3 is 1.63 bits per heavy atom. The number of aromatic amines is 1. The number of hydrogen-bond donors (Lipinski definition) is 1. The van der Waals surface area contributed by atoms with Crippen LogP contribution in [0.2, 0.25) is 10.0 Å². The van der Waals surface area contributed by atoms with E-state index in [9.17, 15) is 9.59 Å². The molecule has 16 nitrogen and oxygen atoms in total. The summed E-state index contributed by atoms with van der Waals surface area (Å²) in [6.45, 7) is 17.8. The predicted molar refractivity (Wildman–Crippen MR) is 238 cm³/mol. The van der Waals surface area contributed by atoms with Crippen molar-refractivity contribution in [2.45, 2.75) is 86.1 Å². The summed E-state index contributed by atoms with van der Waals surface area (Å²) in [4.78, 5) is 52.9. The number of nitriles is 2. The van der Waals surface area contributed by atoms with E-state index in [1.54, 1.807) is 27.2 Å². The molecule has 18 heteroatoms. The van der Waals surface area contributed by atoms with Crippen molar-refractivity contribution in [1.29, 1.82) is 10.5 Å². The van der Waals surface area contributed by atoms with E-state index in [4.69, 9.17) is 52.7 Å². The van der Waals surface area contributed by atoms with E-state index in [1.165, 1.54) is 60.7 Å². The summed E-state index contributed by atoms with van der Waals surface area (Å²) in [7, 11) is 3.17. The number of nitrogens with one attached hydrogen (secondary N) is 1. The number of aryl methyl sites for hydroxylation is 3. The van der Waals surface area contributed by atoms with Crippen LogP contribution >= 0.6 is 23.2 Å². The predicted octanol–water partition coefficient (Wildman–Crippen LogP) is 8.75. The van der Waals surface area contributed by atoms with Crippen LogP contribution in [0.3, 0.4) is 0 Å². The van der Waals surface area contributed by atoms with Crippen molar-refractivity contribution in [3.05, 3.63) is 137 Å². The topological polar surface area (TPSA) is 217 Å². The number of nitrogens with zero attached hydrogens (tertiary/aromatic N) is 9. The molecule has 0 atom stereocenters. The van der Waals surface area contributed by atoms with Gasteiger partial charge in [-0.25, -0.2) is 19.9 Å². The highest BCUT2D eigenvalue weighted by Crippen LogP contribution is 2.28. The second-order valence-electron chi connectivity index (χ2n) is 15.8. The standard InChI is InChI=1S/C22H22ClN5O3.C12H8ClN3O2.C11H18N2O/c1-13-18(31-17-7-14(9-24)6-16(23)8-17)20(29)28(12-26-13)11-15-10-25-21(22(2,3)4)27-19(15)30-5;1-7-11(12(17)16-6-15-7)18-10-3-8(5-14)2-9(13)4-10;1-6-8-7-12-10(11(2,3)4)13-9(8)14-5/h6-8,10,12H,11H2,1-5H3;2-4,6H,1H3,(H,15,16,17);7H,6H2,1-5H3. The molecule has 0 unspecified atom stereocenters. The van der Waals surface area contributed by atoms with Crippen LogP contribution < -0.4 is 30.1 Å². The summed E-state index contributed by atoms with van der Waals surface area (Å²) in [6.07, 6.45) is 7.12. The van der Waals surface area contributed by atoms with Crippen molar-refractivity contribution in [2.75, 3.05) is 14.2 Å². The molecule has 2 aromatic carbocycles. The molecule has 0 bridgehead atoms. The minimum absolute atomic E-state index is 0.0282. The molecule has 0 fully saturated rings. The van der Waals surface area contributed by atoms with Gasteiger partial charge < -0.3 is 23.9 Å². The maximum absolute atomic E-state index is 13.1. The summed E-state index contributed by atoms with van der Waals surface area (Å²) in [5, 5.41) is 18.6. The van der Waals surface area contributed by atoms with Gasteiger partial charge in [0.15, 0.2) is 0 Å². The van der Waals surface area contributed by atoms with E-state index in [1.807, 2.05) is 39.1 Å². The van der Waals surface area contributed by atoms with E-state index in [0.717, 1.165) is 17.8 Å². The molecule has 6 aromatic rings. The van der Waals surface area contributed by atoms with Crippen molar-refractivity contribution in [3.63, 3.8) is 0 Å². The largest absolute Gasteiger partial charge is 0.481 e. The number of benzene rings is 2. The van der Waals surface area contributed by atoms with Gasteiger partial charge in [-0.05, 0) is 56.7 Å². The lowest BCUT2D eigenvalue weighted by Crippen LogP contribution is -2.24. The SMILES string of the molecule is CCc1cnc(C(C)(C)C)nc1OC.COc1nc(C(C)(C)C)ncc1Cn1cnc(C)c(Oc2cc(Cl)cc(C#N)c2)c1=O.Cc1nc[nH]c(=O)c1Oc1cc(Cl)cc(C#N)c1. The number of aromatic nitrogens is 8. The Morgan fingerprint density at radius 1 is 0.698 bits per heavy atom. The van der Waals surface area contributed by atoms with Crippen LogP contribution in [0.15, 0.2) is 71.0 Å². The highest BCUT2D eigenvalue weighted by molar-refractivity contribution is 6.31. The van der Waals surface area contributed by atoms with Crippen molar-refractivity contribution >= 4 is 23.2 Å². The minimum atomic E-state index is -0.395. The Kier molecular flexibility index (Phi) is 16.5. The summed E-state index contributed by atoms with van der Waals surface area (Å²) in [6, 6.07) is 13.0. The number of H-pyrrole nitrogens is 1. The molecule has 1 N–H and O–H groups in total. The zero-order valence-corrected chi connectivity index (χ0v) is 38.4. The lowest BCUT2D eigenvalue weighted by molar-refractivity contribution is 0.381. The van der Waals surface area contributed by atoms with Crippen LogP contribution in [0, 0.1) is 36.5 Å². The van der Waals surface area contributed by atoms with Crippen molar-refractivity contribution in [2.24, 2.45) is 0 Å². The third-order valence-electron chi connectivity index (χ3n) is 8.70. The number of ether oxygens (including phenoxy) is 4. The van der Waals surface area contributed by atoms with Gasteiger partial charge in [0.2, 0.25) is 23.3 Å². The first-order valence-electron chi connectivity index (χ1n) is 19.4. The Labute approximate surface area is 375 Å². The van der Waals surface area contributed by atoms with Crippen molar-refractivity contribution < 1.29 is 18.9 Å². The van der Waals surface area contributed by atoms with E-state index < -0.39 is 5.56 Å². The monoisotopic (exact) mass is 894 g/mol. The summed E-state index contributed by atoms with van der Waals surface area (Å²) in [5.74, 6) is 3.28. The van der Waals surface area contributed by atoms with Gasteiger partial charge in [-0.1, -0.05) is 71.7 Å². The van der Waals surface area contributed by atoms with Gasteiger partial charge in [-0.2, -0.15) is 20.5 Å². The molecular formula is C45H48Cl2N10O6. The lowest BCUT2D eigenvalue weighted by atomic mass is 9.95. The van der Waals surface area contributed by atoms with Gasteiger partial charge in [-0.15, -0.1) is 0 Å². The zero-order chi connectivity index (χ0) is 46.6. The Hall–Kier alpha value is -6.88. The average Bonchev–Trinajstić information content (AvgIpc) is 3.23. The van der Waals surface area contributed by atoms with Crippen LogP contribution in [-0.4, -0.2) is 53.7 Å². The van der Waals surface area contributed by atoms with Crippen molar-refractivity contribution in [1.82, 2.24) is 39.5 Å². The van der Waals surface area contributed by atoms with E-state index >= 15 is 0 Å². The van der Waals surface area contributed by atoms with Crippen LogP contribution in [-0.2, 0) is 23.8 Å². The fourth-order valence-corrected chi connectivity index (χ4v) is 5.83. The van der Waals surface area contributed by atoms with E-state index in [0.29, 0.717) is 61.5 Å². The third kappa shape index (κ3) is 13.3. The van der Waals surface area contributed by atoms with Gasteiger partial charge >= 0.3 is 0 Å². The molecule has 4 aromatic heterocycles. The molecule has 0 saturated carbocycles. The fraction of sp³-hybridized carbons (Fsp3) is 0.333. The Morgan fingerprint density at radius 2 is 1.17 bits per heavy atom. The number of hydrogen-bond acceptors (Lipinski definition) is 14. The first-order chi connectivity index (χ1) is 29.7. The summed E-state index contributed by atoms with van der Waals surface area (Å²) >= 11 is 11.9. The van der Waals surface area contributed by atoms with Gasteiger partial charge in [0.25, 0.3) is 11.1 Å². The normalized spacial score (nSPS) is 10.8. The molecule has 0 spiro atoms. The maximum atomic E-state index is 13.1. The quantitative estimate of drug-likeness (QED) is 0.144.